The number of nitrogens with zero attached hydrogens (tertiary/aromatic N) is 2. The van der Waals surface area contributed by atoms with Crippen LogP contribution in [0.4, 0.5) is 0 Å². The van der Waals surface area contributed by atoms with E-state index in [0.29, 0.717) is 0 Å². The van der Waals surface area contributed by atoms with Gasteiger partial charge >= 0.3 is 0 Å². The van der Waals surface area contributed by atoms with E-state index >= 15 is 0 Å². The molecule has 4 heteroatoms. The highest BCUT2D eigenvalue weighted by Crippen LogP contribution is 2.37. The van der Waals surface area contributed by atoms with E-state index in [0.717, 1.165) is 11.1 Å². The van der Waals surface area contributed by atoms with Gasteiger partial charge in [-0.1, -0.05) is 6.07 Å². The summed E-state index contributed by atoms with van der Waals surface area (Å²) in [5, 5.41) is 0. The van der Waals surface area contributed by atoms with Crippen LogP contribution in [0, 0.1) is 3.57 Å². The van der Waals surface area contributed by atoms with Gasteiger partial charge < -0.3 is 0 Å². The van der Waals surface area contributed by atoms with Crippen LogP contribution >= 0.6 is 33.9 Å². The first-order valence-electron chi connectivity index (χ1n) is 4.79. The lowest BCUT2D eigenvalue weighted by Crippen LogP contribution is -1.78. The predicted octanol–water partition coefficient (Wildman–Crippen LogP) is 3.96. The van der Waals surface area contributed by atoms with Crippen molar-refractivity contribution < 1.29 is 0 Å². The molecule has 0 atom stereocenters. The zero-order chi connectivity index (χ0) is 11.0. The highest BCUT2D eigenvalue weighted by atomic mass is 127. The standard InChI is InChI=1S/C12H7IN2S/c13-10-11-9(4-2-6-15-11)16-12(10)8-3-1-5-14-7-8/h1-7H. The Kier molecular flexibility index (Phi) is 2.61. The van der Waals surface area contributed by atoms with E-state index in [2.05, 4.69) is 44.7 Å². The molecular weight excluding hydrogens is 331 g/mol. The third kappa shape index (κ3) is 1.62. The topological polar surface area (TPSA) is 25.8 Å². The van der Waals surface area contributed by atoms with E-state index in [-0.39, 0.29) is 0 Å². The van der Waals surface area contributed by atoms with E-state index in [1.54, 1.807) is 17.5 Å². The van der Waals surface area contributed by atoms with Gasteiger partial charge in [-0.3, -0.25) is 9.97 Å². The third-order valence-electron chi connectivity index (χ3n) is 2.31. The molecule has 3 aromatic rings. The van der Waals surface area contributed by atoms with Gasteiger partial charge in [0.05, 0.1) is 18.7 Å². The van der Waals surface area contributed by atoms with Crippen molar-refractivity contribution in [3.8, 4) is 10.4 Å². The predicted molar refractivity (Wildman–Crippen MR) is 75.6 cm³/mol. The van der Waals surface area contributed by atoms with Crippen molar-refractivity contribution in [2.75, 3.05) is 0 Å². The average molecular weight is 338 g/mol. The summed E-state index contributed by atoms with van der Waals surface area (Å²) in [6.45, 7) is 0. The fourth-order valence-corrected chi connectivity index (χ4v) is 3.88. The van der Waals surface area contributed by atoms with E-state index in [1.807, 2.05) is 24.5 Å². The molecule has 0 aliphatic rings. The van der Waals surface area contributed by atoms with Crippen LogP contribution in [0.3, 0.4) is 0 Å². The molecule has 16 heavy (non-hydrogen) atoms. The minimum atomic E-state index is 1.09. The molecule has 0 aliphatic heterocycles. The molecule has 0 bridgehead atoms. The lowest BCUT2D eigenvalue weighted by molar-refractivity contribution is 1.33. The van der Waals surface area contributed by atoms with Gasteiger partial charge in [-0.25, -0.2) is 0 Å². The number of hydrogen-bond acceptors (Lipinski definition) is 3. The molecule has 3 aromatic heterocycles. The van der Waals surface area contributed by atoms with Gasteiger partial charge in [0.2, 0.25) is 0 Å². The number of hydrogen-bond donors (Lipinski definition) is 0. The zero-order valence-electron chi connectivity index (χ0n) is 8.22. The number of aromatic nitrogens is 2. The number of fused-ring (bicyclic) bond motifs is 1. The summed E-state index contributed by atoms with van der Waals surface area (Å²) in [4.78, 5) is 9.82. The van der Waals surface area contributed by atoms with Crippen molar-refractivity contribution in [1.82, 2.24) is 9.97 Å². The maximum absolute atomic E-state index is 4.41. The fourth-order valence-electron chi connectivity index (χ4n) is 1.58. The Balaban J connectivity index is 2.29. The van der Waals surface area contributed by atoms with Crippen LogP contribution in [0.25, 0.3) is 20.7 Å². The van der Waals surface area contributed by atoms with Crippen LogP contribution in [0.1, 0.15) is 0 Å². The monoisotopic (exact) mass is 338 g/mol. The molecule has 0 aliphatic carbocycles. The molecule has 0 saturated carbocycles. The Hall–Kier alpha value is -1.01. The molecule has 3 heterocycles. The maximum atomic E-state index is 4.41. The van der Waals surface area contributed by atoms with Crippen LogP contribution in [0.5, 0.6) is 0 Å². The van der Waals surface area contributed by atoms with Crippen molar-refractivity contribution in [2.24, 2.45) is 0 Å². The van der Waals surface area contributed by atoms with Crippen molar-refractivity contribution in [3.05, 3.63) is 46.4 Å². The molecule has 0 aromatic carbocycles. The molecule has 0 fully saturated rings. The molecule has 0 radical (unpaired) electrons. The lowest BCUT2D eigenvalue weighted by atomic mass is 10.2. The van der Waals surface area contributed by atoms with Gasteiger partial charge in [0, 0.05) is 24.2 Å². The van der Waals surface area contributed by atoms with Gasteiger partial charge in [-0.15, -0.1) is 11.3 Å². The van der Waals surface area contributed by atoms with Gasteiger partial charge in [-0.05, 0) is 40.8 Å². The van der Waals surface area contributed by atoms with Crippen molar-refractivity contribution in [3.63, 3.8) is 0 Å². The first-order valence-corrected chi connectivity index (χ1v) is 6.69. The Bertz CT molecular complexity index is 634. The van der Waals surface area contributed by atoms with Crippen molar-refractivity contribution >= 4 is 44.1 Å². The van der Waals surface area contributed by atoms with Gasteiger partial charge in [-0.2, -0.15) is 0 Å². The van der Waals surface area contributed by atoms with Crippen LogP contribution < -0.4 is 0 Å². The summed E-state index contributed by atoms with van der Waals surface area (Å²) in [7, 11) is 0. The lowest BCUT2D eigenvalue weighted by Gasteiger charge is -1.96. The Morgan fingerprint density at radius 1 is 1.12 bits per heavy atom. The van der Waals surface area contributed by atoms with Gasteiger partial charge in [0.15, 0.2) is 0 Å². The Labute approximate surface area is 111 Å². The van der Waals surface area contributed by atoms with Crippen molar-refractivity contribution in [2.45, 2.75) is 0 Å². The smallest absolute Gasteiger partial charge is 0.0949 e. The summed E-state index contributed by atoms with van der Waals surface area (Å²) in [5.41, 5.74) is 2.25. The van der Waals surface area contributed by atoms with Gasteiger partial charge in [0.25, 0.3) is 0 Å². The van der Waals surface area contributed by atoms with Crippen LogP contribution in [0.15, 0.2) is 42.9 Å². The van der Waals surface area contributed by atoms with E-state index in [4.69, 9.17) is 0 Å². The van der Waals surface area contributed by atoms with Crippen LogP contribution in [-0.2, 0) is 0 Å². The molecule has 78 valence electrons. The average Bonchev–Trinajstić information content (AvgIpc) is 2.69. The first kappa shape index (κ1) is 10.2. The number of thiophene rings is 1. The van der Waals surface area contributed by atoms with Crippen LogP contribution in [-0.4, -0.2) is 9.97 Å². The molecule has 0 N–H and O–H groups in total. The summed E-state index contributed by atoms with van der Waals surface area (Å²) < 4.78 is 2.44. The molecular formula is C12H7IN2S. The highest BCUT2D eigenvalue weighted by molar-refractivity contribution is 14.1. The molecule has 0 amide bonds. The third-order valence-corrected chi connectivity index (χ3v) is 4.92. The Morgan fingerprint density at radius 2 is 2.00 bits per heavy atom. The first-order chi connectivity index (χ1) is 7.86. The largest absolute Gasteiger partial charge is 0.264 e. The number of rotatable bonds is 1. The minimum Gasteiger partial charge on any atom is -0.264 e. The molecule has 3 rings (SSSR count). The van der Waals surface area contributed by atoms with Crippen molar-refractivity contribution in [1.29, 1.82) is 0 Å². The summed E-state index contributed by atoms with van der Waals surface area (Å²) in [5.74, 6) is 0. The second kappa shape index (κ2) is 4.10. The van der Waals surface area contributed by atoms with E-state index in [9.17, 15) is 0 Å². The number of halogens is 1. The molecule has 0 unspecified atom stereocenters. The second-order valence-electron chi connectivity index (χ2n) is 3.34. The molecule has 0 saturated heterocycles. The summed E-state index contributed by atoms with van der Waals surface area (Å²) in [6.07, 6.45) is 5.53. The molecule has 2 nitrogen and oxygen atoms in total. The fraction of sp³-hybridized carbons (Fsp3) is 0. The SMILES string of the molecule is Ic1c(-c2cccnc2)sc2cccnc12. The summed E-state index contributed by atoms with van der Waals surface area (Å²) in [6, 6.07) is 8.13. The Morgan fingerprint density at radius 3 is 2.75 bits per heavy atom. The summed E-state index contributed by atoms with van der Waals surface area (Å²) >= 11 is 4.12. The maximum Gasteiger partial charge on any atom is 0.0949 e. The minimum absolute atomic E-state index is 1.09. The zero-order valence-corrected chi connectivity index (χ0v) is 11.2. The van der Waals surface area contributed by atoms with E-state index in [1.165, 1.54) is 13.1 Å². The number of pyridine rings is 2. The normalized spacial score (nSPS) is 10.8. The second-order valence-corrected chi connectivity index (χ2v) is 5.47. The quantitative estimate of drug-likeness (QED) is 0.628. The molecule has 0 spiro atoms. The highest BCUT2D eigenvalue weighted by Gasteiger charge is 2.11. The van der Waals surface area contributed by atoms with Crippen LogP contribution in [0.2, 0.25) is 0 Å². The van der Waals surface area contributed by atoms with E-state index < -0.39 is 0 Å². The van der Waals surface area contributed by atoms with Gasteiger partial charge in [0.1, 0.15) is 0 Å².